The second kappa shape index (κ2) is 7.99. The van der Waals surface area contributed by atoms with Crippen LogP contribution in [-0.2, 0) is 9.53 Å². The Kier molecular flexibility index (Phi) is 6.30. The maximum absolute atomic E-state index is 12.0. The molecule has 0 aromatic heterocycles. The summed E-state index contributed by atoms with van der Waals surface area (Å²) in [6, 6.07) is 0.619. The third-order valence-electron chi connectivity index (χ3n) is 4.79. The lowest BCUT2D eigenvalue weighted by Crippen LogP contribution is -2.43. The van der Waals surface area contributed by atoms with E-state index in [1.54, 1.807) is 0 Å². The molecule has 0 aromatic carbocycles. The first kappa shape index (κ1) is 15.8. The summed E-state index contributed by atoms with van der Waals surface area (Å²) in [5.74, 6) is 1.92. The second-order valence-electron chi connectivity index (χ2n) is 6.56. The molecule has 1 heterocycles. The number of hydrogen-bond acceptors (Lipinski definition) is 3. The molecule has 20 heavy (non-hydrogen) atoms. The molecule has 116 valence electrons. The monoisotopic (exact) mass is 282 g/mol. The van der Waals surface area contributed by atoms with Crippen LogP contribution < -0.4 is 5.32 Å². The summed E-state index contributed by atoms with van der Waals surface area (Å²) in [4.78, 5) is 14.0. The van der Waals surface area contributed by atoms with Crippen molar-refractivity contribution >= 4 is 5.91 Å². The highest BCUT2D eigenvalue weighted by molar-refractivity contribution is 5.76. The summed E-state index contributed by atoms with van der Waals surface area (Å²) in [6.07, 6.45) is 5.89. The zero-order valence-electron chi connectivity index (χ0n) is 13.1. The predicted molar refractivity (Wildman–Crippen MR) is 80.6 cm³/mol. The molecule has 1 amide bonds. The average Bonchev–Trinajstić information content (AvgIpc) is 2.48. The van der Waals surface area contributed by atoms with Gasteiger partial charge in [-0.3, -0.25) is 4.79 Å². The van der Waals surface area contributed by atoms with Crippen molar-refractivity contribution < 1.29 is 9.53 Å². The molecule has 1 aliphatic heterocycles. The quantitative estimate of drug-likeness (QED) is 0.839. The average molecular weight is 282 g/mol. The number of amides is 1. The van der Waals surface area contributed by atoms with Gasteiger partial charge < -0.3 is 15.0 Å². The minimum atomic E-state index is 0.275. The van der Waals surface area contributed by atoms with Crippen LogP contribution in [0.3, 0.4) is 0 Å². The van der Waals surface area contributed by atoms with Crippen molar-refractivity contribution in [3.8, 4) is 0 Å². The van der Waals surface area contributed by atoms with Crippen molar-refractivity contribution in [2.45, 2.75) is 52.0 Å². The van der Waals surface area contributed by atoms with Gasteiger partial charge in [0.05, 0.1) is 13.2 Å². The fraction of sp³-hybridized carbons (Fsp3) is 0.938. The minimum absolute atomic E-state index is 0.275. The number of rotatable bonds is 5. The van der Waals surface area contributed by atoms with Crippen LogP contribution in [0.1, 0.15) is 46.0 Å². The van der Waals surface area contributed by atoms with Gasteiger partial charge in [0.2, 0.25) is 5.91 Å². The van der Waals surface area contributed by atoms with E-state index in [1.165, 1.54) is 25.7 Å². The van der Waals surface area contributed by atoms with Crippen LogP contribution >= 0.6 is 0 Å². The van der Waals surface area contributed by atoms with Gasteiger partial charge in [0.1, 0.15) is 0 Å². The zero-order chi connectivity index (χ0) is 14.4. The molecule has 1 saturated carbocycles. The first-order valence-electron chi connectivity index (χ1n) is 8.25. The largest absolute Gasteiger partial charge is 0.378 e. The Bertz CT molecular complexity index is 301. The Labute approximate surface area is 123 Å². The normalized spacial score (nSPS) is 27.9. The van der Waals surface area contributed by atoms with Gasteiger partial charge in [0.25, 0.3) is 0 Å². The smallest absolute Gasteiger partial charge is 0.224 e. The highest BCUT2D eigenvalue weighted by Gasteiger charge is 2.24. The standard InChI is InChI=1S/C16H30N2O2/c1-13(2)14-4-3-5-15(12-14)17-7-6-16(19)18-8-10-20-11-9-18/h13-15,17H,3-12H2,1-2H3. The molecule has 2 unspecified atom stereocenters. The minimum Gasteiger partial charge on any atom is -0.378 e. The first-order chi connectivity index (χ1) is 9.66. The number of nitrogens with one attached hydrogen (secondary N) is 1. The summed E-state index contributed by atoms with van der Waals surface area (Å²) >= 11 is 0. The van der Waals surface area contributed by atoms with Crippen LogP contribution in [0, 0.1) is 11.8 Å². The van der Waals surface area contributed by atoms with E-state index in [0.29, 0.717) is 25.7 Å². The lowest BCUT2D eigenvalue weighted by atomic mass is 9.79. The van der Waals surface area contributed by atoms with E-state index < -0.39 is 0 Å². The third-order valence-corrected chi connectivity index (χ3v) is 4.79. The molecule has 0 spiro atoms. The summed E-state index contributed by atoms with van der Waals surface area (Å²) in [5, 5.41) is 3.60. The van der Waals surface area contributed by atoms with Crippen molar-refractivity contribution in [2.75, 3.05) is 32.8 Å². The SMILES string of the molecule is CC(C)C1CCCC(NCCC(=O)N2CCOCC2)C1. The summed E-state index contributed by atoms with van der Waals surface area (Å²) in [7, 11) is 0. The van der Waals surface area contributed by atoms with Gasteiger partial charge in [-0.2, -0.15) is 0 Å². The van der Waals surface area contributed by atoms with E-state index in [1.807, 2.05) is 4.90 Å². The number of hydrogen-bond donors (Lipinski definition) is 1. The lowest BCUT2D eigenvalue weighted by molar-refractivity contribution is -0.135. The van der Waals surface area contributed by atoms with Crippen LogP contribution in [0.2, 0.25) is 0 Å². The van der Waals surface area contributed by atoms with E-state index in [9.17, 15) is 4.79 Å². The van der Waals surface area contributed by atoms with E-state index in [4.69, 9.17) is 4.74 Å². The molecule has 4 heteroatoms. The van der Waals surface area contributed by atoms with Crippen LogP contribution in [-0.4, -0.2) is 49.7 Å². The molecule has 2 rings (SSSR count). The molecular formula is C16H30N2O2. The van der Waals surface area contributed by atoms with Crippen molar-refractivity contribution in [1.82, 2.24) is 10.2 Å². The molecule has 1 saturated heterocycles. The highest BCUT2D eigenvalue weighted by atomic mass is 16.5. The maximum atomic E-state index is 12.0. The van der Waals surface area contributed by atoms with Crippen molar-refractivity contribution in [1.29, 1.82) is 0 Å². The van der Waals surface area contributed by atoms with Gasteiger partial charge in [-0.25, -0.2) is 0 Å². The second-order valence-corrected chi connectivity index (χ2v) is 6.56. The first-order valence-corrected chi connectivity index (χ1v) is 8.25. The fourth-order valence-corrected chi connectivity index (χ4v) is 3.37. The molecule has 1 N–H and O–H groups in total. The molecule has 0 aromatic rings. The van der Waals surface area contributed by atoms with Crippen LogP contribution in [0.4, 0.5) is 0 Å². The summed E-state index contributed by atoms with van der Waals surface area (Å²) in [6.45, 7) is 8.39. The van der Waals surface area contributed by atoms with Crippen molar-refractivity contribution in [3.05, 3.63) is 0 Å². The van der Waals surface area contributed by atoms with Crippen molar-refractivity contribution in [3.63, 3.8) is 0 Å². The maximum Gasteiger partial charge on any atom is 0.224 e. The van der Waals surface area contributed by atoms with Crippen LogP contribution in [0.5, 0.6) is 0 Å². The summed E-state index contributed by atoms with van der Waals surface area (Å²) in [5.41, 5.74) is 0. The number of nitrogens with zero attached hydrogens (tertiary/aromatic N) is 1. The number of ether oxygens (including phenoxy) is 1. The van der Waals surface area contributed by atoms with Gasteiger partial charge in [-0.1, -0.05) is 26.7 Å². The third kappa shape index (κ3) is 4.74. The Morgan fingerprint density at radius 2 is 2.05 bits per heavy atom. The van der Waals surface area contributed by atoms with Crippen molar-refractivity contribution in [2.24, 2.45) is 11.8 Å². The Hall–Kier alpha value is -0.610. The molecule has 4 nitrogen and oxygen atoms in total. The van der Waals surface area contributed by atoms with Gasteiger partial charge in [0.15, 0.2) is 0 Å². The molecule has 2 aliphatic rings. The molecule has 2 fully saturated rings. The van der Waals surface area contributed by atoms with Gasteiger partial charge in [-0.05, 0) is 24.7 Å². The Morgan fingerprint density at radius 1 is 1.30 bits per heavy atom. The number of carbonyl (C=O) groups is 1. The molecule has 2 atom stereocenters. The molecule has 1 aliphatic carbocycles. The predicted octanol–water partition coefficient (Wildman–Crippen LogP) is 2.04. The molecule has 0 bridgehead atoms. The van der Waals surface area contributed by atoms with E-state index in [0.717, 1.165) is 31.5 Å². The molecule has 0 radical (unpaired) electrons. The highest BCUT2D eigenvalue weighted by Crippen LogP contribution is 2.29. The van der Waals surface area contributed by atoms with Crippen LogP contribution in [0.25, 0.3) is 0 Å². The van der Waals surface area contributed by atoms with Gasteiger partial charge in [0, 0.05) is 32.1 Å². The molecular weight excluding hydrogens is 252 g/mol. The summed E-state index contributed by atoms with van der Waals surface area (Å²) < 4.78 is 5.27. The Balaban J connectivity index is 1.63. The number of morpholine rings is 1. The Morgan fingerprint density at radius 3 is 2.75 bits per heavy atom. The van der Waals surface area contributed by atoms with E-state index >= 15 is 0 Å². The number of carbonyl (C=O) groups excluding carboxylic acids is 1. The fourth-order valence-electron chi connectivity index (χ4n) is 3.37. The van der Waals surface area contributed by atoms with Gasteiger partial charge in [-0.15, -0.1) is 0 Å². The van der Waals surface area contributed by atoms with E-state index in [2.05, 4.69) is 19.2 Å². The lowest BCUT2D eigenvalue weighted by Gasteiger charge is -2.32. The van der Waals surface area contributed by atoms with Crippen LogP contribution in [0.15, 0.2) is 0 Å². The van der Waals surface area contributed by atoms with Gasteiger partial charge >= 0.3 is 0 Å². The zero-order valence-corrected chi connectivity index (χ0v) is 13.1. The van der Waals surface area contributed by atoms with E-state index in [-0.39, 0.29) is 5.91 Å². The topological polar surface area (TPSA) is 41.6 Å².